The second kappa shape index (κ2) is 5.58. The van der Waals surface area contributed by atoms with Crippen LogP contribution in [0.15, 0.2) is 51.7 Å². The zero-order valence-corrected chi connectivity index (χ0v) is 14.2. The summed E-state index contributed by atoms with van der Waals surface area (Å²) in [7, 11) is 3.11. The molecular formula is C19H19N3O3. The van der Waals surface area contributed by atoms with E-state index in [9.17, 15) is 14.4 Å². The number of aromatic nitrogens is 2. The Balaban J connectivity index is 2.09. The lowest BCUT2D eigenvalue weighted by molar-refractivity contribution is -0.122. The first-order valence-electron chi connectivity index (χ1n) is 8.35. The second-order valence-electron chi connectivity index (χ2n) is 6.62. The summed E-state index contributed by atoms with van der Waals surface area (Å²) in [6, 6.07) is 9.58. The van der Waals surface area contributed by atoms with Gasteiger partial charge in [-0.15, -0.1) is 0 Å². The van der Waals surface area contributed by atoms with Crippen LogP contribution >= 0.6 is 0 Å². The number of ketones is 1. The number of anilines is 1. The van der Waals surface area contributed by atoms with Gasteiger partial charge in [0.25, 0.3) is 5.56 Å². The van der Waals surface area contributed by atoms with Gasteiger partial charge >= 0.3 is 5.69 Å². The molecule has 6 heteroatoms. The van der Waals surface area contributed by atoms with Crippen LogP contribution < -0.4 is 16.6 Å². The molecular weight excluding hydrogens is 318 g/mol. The Labute approximate surface area is 144 Å². The molecule has 25 heavy (non-hydrogen) atoms. The van der Waals surface area contributed by atoms with Crippen molar-refractivity contribution < 1.29 is 4.79 Å². The van der Waals surface area contributed by atoms with Crippen LogP contribution in [0.25, 0.3) is 0 Å². The van der Waals surface area contributed by atoms with E-state index < -0.39 is 5.92 Å². The monoisotopic (exact) mass is 337 g/mol. The molecule has 0 spiro atoms. The van der Waals surface area contributed by atoms with E-state index in [1.54, 1.807) is 7.05 Å². The van der Waals surface area contributed by atoms with Gasteiger partial charge in [-0.3, -0.25) is 18.7 Å². The van der Waals surface area contributed by atoms with E-state index in [0.717, 1.165) is 15.8 Å². The molecule has 2 aliphatic rings. The van der Waals surface area contributed by atoms with Crippen LogP contribution in [0.2, 0.25) is 0 Å². The highest BCUT2D eigenvalue weighted by molar-refractivity contribution is 5.89. The molecule has 1 aromatic carbocycles. The number of hydrogen-bond donors (Lipinski definition) is 1. The maximum Gasteiger partial charge on any atom is 0.332 e. The van der Waals surface area contributed by atoms with Crippen LogP contribution in [0.5, 0.6) is 0 Å². The fraction of sp³-hybridized carbons (Fsp3) is 0.316. The normalized spacial score (nSPS) is 21.8. The van der Waals surface area contributed by atoms with Crippen molar-refractivity contribution in [1.29, 1.82) is 0 Å². The predicted molar refractivity (Wildman–Crippen MR) is 94.6 cm³/mol. The van der Waals surface area contributed by atoms with Crippen LogP contribution in [0.3, 0.4) is 0 Å². The standard InChI is InChI=1S/C19H19N3O3/c1-21-17-16(18(24)22(2)19(21)25)14(11-7-4-3-5-8-11)15-12(20-17)9-6-10-13(15)23/h3-5,7-9,14-15,20H,6,10H2,1-2H3/t14-,15-/m0/s1. The summed E-state index contributed by atoms with van der Waals surface area (Å²) in [5.41, 5.74) is 1.45. The Bertz CT molecular complexity index is 1010. The molecule has 0 unspecified atom stereocenters. The Kier molecular flexibility index (Phi) is 3.49. The van der Waals surface area contributed by atoms with Crippen molar-refractivity contribution in [3.8, 4) is 0 Å². The van der Waals surface area contributed by atoms with E-state index in [-0.39, 0.29) is 23.0 Å². The molecule has 0 fully saturated rings. The number of fused-ring (bicyclic) bond motifs is 2. The van der Waals surface area contributed by atoms with Crippen molar-refractivity contribution in [3.63, 3.8) is 0 Å². The van der Waals surface area contributed by atoms with Crippen LogP contribution in [-0.4, -0.2) is 14.9 Å². The van der Waals surface area contributed by atoms with E-state index in [2.05, 4.69) is 5.32 Å². The summed E-state index contributed by atoms with van der Waals surface area (Å²) in [5, 5.41) is 3.20. The predicted octanol–water partition coefficient (Wildman–Crippen LogP) is 1.50. The van der Waals surface area contributed by atoms with Crippen molar-refractivity contribution in [3.05, 3.63) is 74.1 Å². The van der Waals surface area contributed by atoms with Crippen molar-refractivity contribution in [2.24, 2.45) is 20.0 Å². The molecule has 4 rings (SSSR count). The summed E-state index contributed by atoms with van der Waals surface area (Å²) in [6.07, 6.45) is 3.15. The average Bonchev–Trinajstić information content (AvgIpc) is 2.64. The minimum Gasteiger partial charge on any atom is -0.344 e. The molecule has 1 aliphatic heterocycles. The summed E-state index contributed by atoms with van der Waals surface area (Å²) in [5.74, 6) is -0.185. The van der Waals surface area contributed by atoms with Gasteiger partial charge in [-0.1, -0.05) is 36.4 Å². The zero-order chi connectivity index (χ0) is 17.7. The molecule has 0 radical (unpaired) electrons. The Morgan fingerprint density at radius 3 is 2.44 bits per heavy atom. The number of benzene rings is 1. The lowest BCUT2D eigenvalue weighted by Crippen LogP contribution is -2.46. The van der Waals surface area contributed by atoms with Crippen molar-refractivity contribution in [2.75, 3.05) is 5.32 Å². The third-order valence-corrected chi connectivity index (χ3v) is 5.20. The van der Waals surface area contributed by atoms with Crippen molar-refractivity contribution >= 4 is 11.6 Å². The Hall–Kier alpha value is -2.89. The second-order valence-corrected chi connectivity index (χ2v) is 6.62. The molecule has 1 aliphatic carbocycles. The number of Topliss-reactive ketones (excluding diaryl/α,β-unsaturated/α-hetero) is 1. The highest BCUT2D eigenvalue weighted by atomic mass is 16.2. The van der Waals surface area contributed by atoms with E-state index in [4.69, 9.17) is 0 Å². The first kappa shape index (κ1) is 15.6. The van der Waals surface area contributed by atoms with Crippen molar-refractivity contribution in [2.45, 2.75) is 18.8 Å². The molecule has 1 aromatic heterocycles. The molecule has 2 atom stereocenters. The number of carbonyl (C=O) groups excluding carboxylic acids is 1. The number of rotatable bonds is 1. The van der Waals surface area contributed by atoms with Crippen molar-refractivity contribution in [1.82, 2.24) is 9.13 Å². The lowest BCUT2D eigenvalue weighted by atomic mass is 9.72. The molecule has 0 saturated heterocycles. The highest BCUT2D eigenvalue weighted by Gasteiger charge is 2.42. The van der Waals surface area contributed by atoms with E-state index in [1.807, 2.05) is 36.4 Å². The molecule has 6 nitrogen and oxygen atoms in total. The molecule has 2 heterocycles. The van der Waals surface area contributed by atoms with E-state index in [0.29, 0.717) is 24.2 Å². The Morgan fingerprint density at radius 1 is 1.00 bits per heavy atom. The SMILES string of the molecule is Cn1c2c(c(=O)n(C)c1=O)[C@@H](c1ccccc1)[C@@H]1C(=O)CCC=C1N2. The quantitative estimate of drug-likeness (QED) is 0.856. The number of carbonyl (C=O) groups is 1. The third kappa shape index (κ3) is 2.21. The van der Waals surface area contributed by atoms with Gasteiger partial charge in [-0.05, 0) is 12.0 Å². The molecule has 0 saturated carbocycles. The van der Waals surface area contributed by atoms with Gasteiger partial charge in [0.2, 0.25) is 0 Å². The number of nitrogens with one attached hydrogen (secondary N) is 1. The Morgan fingerprint density at radius 2 is 1.72 bits per heavy atom. The van der Waals surface area contributed by atoms with E-state index in [1.165, 1.54) is 11.6 Å². The minimum atomic E-state index is -0.408. The fourth-order valence-corrected chi connectivity index (χ4v) is 3.94. The topological polar surface area (TPSA) is 73.1 Å². The molecule has 0 amide bonds. The first-order chi connectivity index (χ1) is 12.0. The minimum absolute atomic E-state index is 0.125. The summed E-state index contributed by atoms with van der Waals surface area (Å²) >= 11 is 0. The van der Waals surface area contributed by atoms with Gasteiger partial charge in [0.15, 0.2) is 0 Å². The smallest absolute Gasteiger partial charge is 0.332 e. The summed E-state index contributed by atoms with van der Waals surface area (Å²) in [4.78, 5) is 38.0. The van der Waals surface area contributed by atoms with Crippen LogP contribution in [0.4, 0.5) is 5.82 Å². The largest absolute Gasteiger partial charge is 0.344 e. The highest BCUT2D eigenvalue weighted by Crippen LogP contribution is 2.44. The van der Waals surface area contributed by atoms with Gasteiger partial charge in [-0.25, -0.2) is 4.79 Å². The zero-order valence-electron chi connectivity index (χ0n) is 14.2. The maximum absolute atomic E-state index is 12.9. The van der Waals surface area contributed by atoms with Gasteiger partial charge in [0.05, 0.1) is 11.5 Å². The molecule has 2 aromatic rings. The summed E-state index contributed by atoms with van der Waals surface area (Å²) in [6.45, 7) is 0. The number of hydrogen-bond acceptors (Lipinski definition) is 4. The van der Waals surface area contributed by atoms with Crippen LogP contribution in [-0.2, 0) is 18.9 Å². The van der Waals surface area contributed by atoms with Gasteiger partial charge in [0.1, 0.15) is 11.6 Å². The lowest BCUT2D eigenvalue weighted by Gasteiger charge is -2.38. The molecule has 1 N–H and O–H groups in total. The number of allylic oxidation sites excluding steroid dienone is 2. The van der Waals surface area contributed by atoms with Crippen LogP contribution in [0, 0.1) is 5.92 Å². The van der Waals surface area contributed by atoms with E-state index >= 15 is 0 Å². The van der Waals surface area contributed by atoms with Gasteiger partial charge in [0, 0.05) is 32.1 Å². The van der Waals surface area contributed by atoms with Crippen LogP contribution in [0.1, 0.15) is 29.9 Å². The molecule has 128 valence electrons. The maximum atomic E-state index is 12.9. The van der Waals surface area contributed by atoms with Gasteiger partial charge in [-0.2, -0.15) is 0 Å². The summed E-state index contributed by atoms with van der Waals surface area (Å²) < 4.78 is 2.56. The fourth-order valence-electron chi connectivity index (χ4n) is 3.94. The third-order valence-electron chi connectivity index (χ3n) is 5.20. The number of nitrogens with zero attached hydrogens (tertiary/aromatic N) is 2. The first-order valence-corrected chi connectivity index (χ1v) is 8.35. The molecule has 0 bridgehead atoms. The van der Waals surface area contributed by atoms with Gasteiger partial charge < -0.3 is 5.32 Å². The average molecular weight is 337 g/mol.